The van der Waals surface area contributed by atoms with Crippen LogP contribution in [0.5, 0.6) is 0 Å². The minimum absolute atomic E-state index is 0.0627. The molecule has 1 aromatic heterocycles. The van der Waals surface area contributed by atoms with Crippen LogP contribution in [0.25, 0.3) is 0 Å². The van der Waals surface area contributed by atoms with Crippen LogP contribution in [-0.2, 0) is 23.3 Å². The fourth-order valence-electron chi connectivity index (χ4n) is 2.87. The largest absolute Gasteiger partial charge is 0.388 e. The molecule has 2 rings (SSSR count). The summed E-state index contributed by atoms with van der Waals surface area (Å²) in [5.74, 6) is 1.66. The third-order valence-electron chi connectivity index (χ3n) is 3.98. The van der Waals surface area contributed by atoms with Gasteiger partial charge in [-0.05, 0) is 12.8 Å². The minimum atomic E-state index is -0.0627. The molecule has 0 bridgehead atoms. The van der Waals surface area contributed by atoms with Gasteiger partial charge in [0.1, 0.15) is 12.4 Å². The molecule has 1 aliphatic rings. The second kappa shape index (κ2) is 5.80. The van der Waals surface area contributed by atoms with E-state index in [1.165, 1.54) is 19.3 Å². The van der Waals surface area contributed by atoms with Crippen molar-refractivity contribution in [3.05, 3.63) is 11.6 Å². The van der Waals surface area contributed by atoms with Crippen LogP contribution in [0.1, 0.15) is 50.7 Å². The first kappa shape index (κ1) is 13.5. The van der Waals surface area contributed by atoms with Gasteiger partial charge in [0.15, 0.2) is 5.82 Å². The highest BCUT2D eigenvalue weighted by Gasteiger charge is 2.34. The zero-order chi connectivity index (χ0) is 13.0. The van der Waals surface area contributed by atoms with Crippen LogP contribution in [0.15, 0.2) is 0 Å². The Balaban J connectivity index is 2.27. The van der Waals surface area contributed by atoms with E-state index in [1.54, 1.807) is 7.11 Å². The third kappa shape index (κ3) is 2.57. The SMILES string of the molecule is COCCn1c(CO)nnc1C1(C)CCCCC1. The third-order valence-corrected chi connectivity index (χ3v) is 3.98. The Morgan fingerprint density at radius 2 is 2.00 bits per heavy atom. The van der Waals surface area contributed by atoms with Gasteiger partial charge in [-0.2, -0.15) is 0 Å². The van der Waals surface area contributed by atoms with Crippen LogP contribution in [0, 0.1) is 0 Å². The van der Waals surface area contributed by atoms with Crippen LogP contribution in [-0.4, -0.2) is 33.6 Å². The minimum Gasteiger partial charge on any atom is -0.388 e. The molecule has 0 amide bonds. The highest BCUT2D eigenvalue weighted by Crippen LogP contribution is 2.38. The van der Waals surface area contributed by atoms with Crippen molar-refractivity contribution in [3.63, 3.8) is 0 Å². The van der Waals surface area contributed by atoms with Crippen molar-refractivity contribution in [1.82, 2.24) is 14.8 Å². The van der Waals surface area contributed by atoms with Crippen LogP contribution in [0.2, 0.25) is 0 Å². The van der Waals surface area contributed by atoms with Gasteiger partial charge in [0, 0.05) is 19.1 Å². The Morgan fingerprint density at radius 1 is 1.28 bits per heavy atom. The average molecular weight is 253 g/mol. The number of aliphatic hydroxyl groups excluding tert-OH is 1. The molecule has 0 unspecified atom stereocenters. The van der Waals surface area contributed by atoms with Gasteiger partial charge in [-0.15, -0.1) is 10.2 Å². The zero-order valence-electron chi connectivity index (χ0n) is 11.4. The van der Waals surface area contributed by atoms with Crippen LogP contribution < -0.4 is 0 Å². The normalized spacial score (nSPS) is 19.1. The molecule has 1 aromatic rings. The lowest BCUT2D eigenvalue weighted by atomic mass is 9.75. The number of nitrogens with zero attached hydrogens (tertiary/aromatic N) is 3. The molecule has 0 spiro atoms. The molecule has 5 heteroatoms. The first-order valence-corrected chi connectivity index (χ1v) is 6.73. The molecular weight excluding hydrogens is 230 g/mol. The first-order chi connectivity index (χ1) is 8.71. The molecule has 102 valence electrons. The second-order valence-electron chi connectivity index (χ2n) is 5.36. The molecule has 0 aromatic carbocycles. The van der Waals surface area contributed by atoms with Gasteiger partial charge in [-0.3, -0.25) is 0 Å². The molecule has 0 aliphatic heterocycles. The molecule has 0 saturated heterocycles. The molecule has 1 N–H and O–H groups in total. The van der Waals surface area contributed by atoms with Crippen molar-refractivity contribution >= 4 is 0 Å². The Labute approximate surface area is 108 Å². The van der Waals surface area contributed by atoms with E-state index in [0.29, 0.717) is 19.0 Å². The summed E-state index contributed by atoms with van der Waals surface area (Å²) in [7, 11) is 1.69. The van der Waals surface area contributed by atoms with Crippen LogP contribution in [0.4, 0.5) is 0 Å². The maximum Gasteiger partial charge on any atom is 0.158 e. The van der Waals surface area contributed by atoms with Crippen molar-refractivity contribution in [2.45, 2.75) is 57.6 Å². The van der Waals surface area contributed by atoms with E-state index >= 15 is 0 Å². The zero-order valence-corrected chi connectivity index (χ0v) is 11.4. The fraction of sp³-hybridized carbons (Fsp3) is 0.846. The van der Waals surface area contributed by atoms with Crippen molar-refractivity contribution in [1.29, 1.82) is 0 Å². The van der Waals surface area contributed by atoms with E-state index in [1.807, 2.05) is 4.57 Å². The van der Waals surface area contributed by atoms with E-state index in [4.69, 9.17) is 4.74 Å². The Kier molecular flexibility index (Phi) is 4.35. The summed E-state index contributed by atoms with van der Waals surface area (Å²) in [6, 6.07) is 0. The Hall–Kier alpha value is -0.940. The molecule has 1 fully saturated rings. The van der Waals surface area contributed by atoms with Gasteiger partial charge >= 0.3 is 0 Å². The molecule has 1 saturated carbocycles. The van der Waals surface area contributed by atoms with Gasteiger partial charge in [-0.1, -0.05) is 26.2 Å². The van der Waals surface area contributed by atoms with Crippen LogP contribution >= 0.6 is 0 Å². The van der Waals surface area contributed by atoms with Crippen molar-refractivity contribution in [3.8, 4) is 0 Å². The standard InChI is InChI=1S/C13H23N3O2/c1-13(6-4-3-5-7-13)12-15-14-11(10-17)16(12)8-9-18-2/h17H,3-10H2,1-2H3. The molecule has 0 atom stereocenters. The quantitative estimate of drug-likeness (QED) is 0.866. The fourth-order valence-corrected chi connectivity index (χ4v) is 2.87. The summed E-state index contributed by atoms with van der Waals surface area (Å²) in [4.78, 5) is 0. The van der Waals surface area contributed by atoms with Crippen LogP contribution in [0.3, 0.4) is 0 Å². The second-order valence-corrected chi connectivity index (χ2v) is 5.36. The van der Waals surface area contributed by atoms with Gasteiger partial charge in [0.2, 0.25) is 0 Å². The summed E-state index contributed by atoms with van der Waals surface area (Å²) >= 11 is 0. The number of ether oxygens (including phenoxy) is 1. The smallest absolute Gasteiger partial charge is 0.158 e. The van der Waals surface area contributed by atoms with Gasteiger partial charge < -0.3 is 14.4 Å². The number of methoxy groups -OCH3 is 1. The van der Waals surface area contributed by atoms with E-state index in [0.717, 1.165) is 18.7 Å². The van der Waals surface area contributed by atoms with Gasteiger partial charge in [0.25, 0.3) is 0 Å². The van der Waals surface area contributed by atoms with E-state index in [-0.39, 0.29) is 12.0 Å². The lowest BCUT2D eigenvalue weighted by Crippen LogP contribution is -2.30. The van der Waals surface area contributed by atoms with E-state index < -0.39 is 0 Å². The van der Waals surface area contributed by atoms with E-state index in [2.05, 4.69) is 17.1 Å². The topological polar surface area (TPSA) is 60.2 Å². The van der Waals surface area contributed by atoms with Crippen molar-refractivity contribution < 1.29 is 9.84 Å². The monoisotopic (exact) mass is 253 g/mol. The number of aliphatic hydroxyl groups is 1. The lowest BCUT2D eigenvalue weighted by molar-refractivity contribution is 0.177. The van der Waals surface area contributed by atoms with E-state index in [9.17, 15) is 5.11 Å². The summed E-state index contributed by atoms with van der Waals surface area (Å²) in [5.41, 5.74) is 0.104. The number of hydrogen-bond donors (Lipinski definition) is 1. The van der Waals surface area contributed by atoms with Crippen molar-refractivity contribution in [2.75, 3.05) is 13.7 Å². The highest BCUT2D eigenvalue weighted by molar-refractivity contribution is 5.10. The highest BCUT2D eigenvalue weighted by atomic mass is 16.5. The molecule has 5 nitrogen and oxygen atoms in total. The Morgan fingerprint density at radius 3 is 2.61 bits per heavy atom. The average Bonchev–Trinajstić information content (AvgIpc) is 2.80. The molecular formula is C13H23N3O2. The Bertz CT molecular complexity index is 384. The summed E-state index contributed by atoms with van der Waals surface area (Å²) in [6.07, 6.45) is 6.13. The molecule has 1 aliphatic carbocycles. The molecule has 0 radical (unpaired) electrons. The lowest BCUT2D eigenvalue weighted by Gasteiger charge is -2.33. The first-order valence-electron chi connectivity index (χ1n) is 6.73. The summed E-state index contributed by atoms with van der Waals surface area (Å²) in [5, 5.41) is 17.8. The maximum atomic E-state index is 9.35. The van der Waals surface area contributed by atoms with Gasteiger partial charge in [-0.25, -0.2) is 0 Å². The maximum absolute atomic E-state index is 9.35. The predicted molar refractivity (Wildman–Crippen MR) is 68.3 cm³/mol. The number of aromatic nitrogens is 3. The molecule has 18 heavy (non-hydrogen) atoms. The number of rotatable bonds is 5. The van der Waals surface area contributed by atoms with Crippen molar-refractivity contribution in [2.24, 2.45) is 0 Å². The van der Waals surface area contributed by atoms with Gasteiger partial charge in [0.05, 0.1) is 6.61 Å². The summed E-state index contributed by atoms with van der Waals surface area (Å²) in [6.45, 7) is 3.53. The predicted octanol–water partition coefficient (Wildman–Crippen LogP) is 1.64. The molecule has 1 heterocycles. The number of hydrogen-bond acceptors (Lipinski definition) is 4. The summed E-state index contributed by atoms with van der Waals surface area (Å²) < 4.78 is 7.17.